The van der Waals surface area contributed by atoms with Crippen molar-refractivity contribution in [2.45, 2.75) is 0 Å². The largest absolute Gasteiger partial charge is 0.378 e. The van der Waals surface area contributed by atoms with E-state index >= 15 is 0 Å². The number of benzene rings is 2. The zero-order valence-corrected chi connectivity index (χ0v) is 14.0. The zero-order valence-electron chi connectivity index (χ0n) is 13.2. The first kappa shape index (κ1) is 15.2. The van der Waals surface area contributed by atoms with Gasteiger partial charge < -0.3 is 9.64 Å². The topological polar surface area (TPSA) is 30.3 Å². The Hall–Kier alpha value is -2.30. The highest BCUT2D eigenvalue weighted by Gasteiger charge is 2.11. The normalized spacial score (nSPS) is 14.8. The van der Waals surface area contributed by atoms with Crippen LogP contribution in [0.15, 0.2) is 60.8 Å². The number of anilines is 1. The van der Waals surface area contributed by atoms with E-state index in [-0.39, 0.29) is 0 Å². The fourth-order valence-corrected chi connectivity index (χ4v) is 3.10. The van der Waals surface area contributed by atoms with E-state index in [1.165, 1.54) is 5.69 Å². The monoisotopic (exact) mass is 339 g/mol. The first-order valence-corrected chi connectivity index (χ1v) is 8.42. The fourth-order valence-electron chi connectivity index (χ4n) is 2.91. The molecular weight excluding hydrogens is 322 g/mol. The summed E-state index contributed by atoms with van der Waals surface area (Å²) in [5.74, 6) is 0. The third-order valence-electron chi connectivity index (χ3n) is 4.20. The first-order valence-electron chi connectivity index (χ1n) is 8.04. The molecule has 0 N–H and O–H groups in total. The number of hydrogen-bond donors (Lipinski definition) is 0. The van der Waals surface area contributed by atoms with Crippen LogP contribution in [0.1, 0.15) is 0 Å². The van der Waals surface area contributed by atoms with Crippen molar-refractivity contribution in [2.75, 3.05) is 31.2 Å². The summed E-state index contributed by atoms with van der Waals surface area (Å²) in [6.45, 7) is 3.48. The number of ether oxygens (including phenoxy) is 1. The Morgan fingerprint density at radius 2 is 1.67 bits per heavy atom. The Bertz CT molecular complexity index is 823. The molecular formula is C19H18ClN3O. The Morgan fingerprint density at radius 1 is 0.917 bits per heavy atom. The van der Waals surface area contributed by atoms with E-state index < -0.39 is 0 Å². The van der Waals surface area contributed by atoms with E-state index in [4.69, 9.17) is 16.3 Å². The molecule has 4 rings (SSSR count). The van der Waals surface area contributed by atoms with Crippen molar-refractivity contribution in [2.24, 2.45) is 0 Å². The van der Waals surface area contributed by atoms with Gasteiger partial charge in [0, 0.05) is 35.6 Å². The van der Waals surface area contributed by atoms with Gasteiger partial charge in [0.05, 0.1) is 24.6 Å². The lowest BCUT2D eigenvalue weighted by atomic mass is 10.2. The molecule has 0 amide bonds. The van der Waals surface area contributed by atoms with E-state index in [9.17, 15) is 0 Å². The van der Waals surface area contributed by atoms with Gasteiger partial charge >= 0.3 is 0 Å². The summed E-state index contributed by atoms with van der Waals surface area (Å²) < 4.78 is 7.29. The maximum Gasteiger partial charge on any atom is 0.0928 e. The molecule has 0 aliphatic carbocycles. The highest BCUT2D eigenvalue weighted by atomic mass is 35.5. The molecule has 4 nitrogen and oxygen atoms in total. The lowest BCUT2D eigenvalue weighted by molar-refractivity contribution is 0.122. The highest BCUT2D eigenvalue weighted by molar-refractivity contribution is 6.30. The summed E-state index contributed by atoms with van der Waals surface area (Å²) in [7, 11) is 0. The Morgan fingerprint density at radius 3 is 2.42 bits per heavy atom. The highest BCUT2D eigenvalue weighted by Crippen LogP contribution is 2.23. The summed E-state index contributed by atoms with van der Waals surface area (Å²) in [6.07, 6.45) is 1.97. The Kier molecular flexibility index (Phi) is 4.24. The maximum absolute atomic E-state index is 6.06. The summed E-state index contributed by atoms with van der Waals surface area (Å²) >= 11 is 6.06. The standard InChI is InChI=1S/C19H18ClN3O/c20-16-3-1-2-15(14-16)19-8-9-23(21-19)18-6-4-17(5-7-18)22-10-12-24-13-11-22/h1-9,14H,10-13H2. The van der Waals surface area contributed by atoms with Crippen molar-refractivity contribution in [3.8, 4) is 16.9 Å². The van der Waals surface area contributed by atoms with Gasteiger partial charge in [-0.15, -0.1) is 0 Å². The van der Waals surface area contributed by atoms with Crippen LogP contribution in [0.5, 0.6) is 0 Å². The van der Waals surface area contributed by atoms with Gasteiger partial charge in [-0.05, 0) is 42.5 Å². The van der Waals surface area contributed by atoms with Crippen LogP contribution in [-0.4, -0.2) is 36.1 Å². The third kappa shape index (κ3) is 3.16. The van der Waals surface area contributed by atoms with Gasteiger partial charge in [0.2, 0.25) is 0 Å². The van der Waals surface area contributed by atoms with E-state index in [0.717, 1.165) is 48.3 Å². The van der Waals surface area contributed by atoms with Crippen LogP contribution >= 0.6 is 11.6 Å². The van der Waals surface area contributed by atoms with E-state index in [1.807, 2.05) is 41.2 Å². The van der Waals surface area contributed by atoms with E-state index in [1.54, 1.807) is 0 Å². The SMILES string of the molecule is Clc1cccc(-c2ccn(-c3ccc(N4CCOCC4)cc3)n2)c1. The molecule has 0 spiro atoms. The second kappa shape index (κ2) is 6.67. The molecule has 2 aromatic carbocycles. The first-order chi connectivity index (χ1) is 11.8. The molecule has 0 saturated carbocycles. The molecule has 1 aliphatic heterocycles. The zero-order chi connectivity index (χ0) is 16.4. The molecule has 0 radical (unpaired) electrons. The second-order valence-electron chi connectivity index (χ2n) is 5.77. The number of rotatable bonds is 3. The maximum atomic E-state index is 6.06. The number of morpholine rings is 1. The van der Waals surface area contributed by atoms with Crippen molar-refractivity contribution >= 4 is 17.3 Å². The molecule has 1 aromatic heterocycles. The predicted octanol–water partition coefficient (Wildman–Crippen LogP) is 4.03. The van der Waals surface area contributed by atoms with Gasteiger partial charge in [-0.2, -0.15) is 5.10 Å². The van der Waals surface area contributed by atoms with Crippen molar-refractivity contribution in [3.05, 3.63) is 65.8 Å². The lowest BCUT2D eigenvalue weighted by Crippen LogP contribution is -2.36. The van der Waals surface area contributed by atoms with Crippen LogP contribution in [0.2, 0.25) is 5.02 Å². The average Bonchev–Trinajstić information content (AvgIpc) is 3.13. The summed E-state index contributed by atoms with van der Waals surface area (Å²) in [5.41, 5.74) is 4.20. The lowest BCUT2D eigenvalue weighted by Gasteiger charge is -2.28. The van der Waals surface area contributed by atoms with Crippen molar-refractivity contribution in [3.63, 3.8) is 0 Å². The average molecular weight is 340 g/mol. The summed E-state index contributed by atoms with van der Waals surface area (Å²) in [5, 5.41) is 5.38. The Labute approximate surface area is 146 Å². The van der Waals surface area contributed by atoms with Gasteiger partial charge in [-0.3, -0.25) is 0 Å². The van der Waals surface area contributed by atoms with Crippen molar-refractivity contribution in [1.29, 1.82) is 0 Å². The second-order valence-corrected chi connectivity index (χ2v) is 6.21. The van der Waals surface area contributed by atoms with Crippen LogP contribution in [0.25, 0.3) is 16.9 Å². The smallest absolute Gasteiger partial charge is 0.0928 e. The number of hydrogen-bond acceptors (Lipinski definition) is 3. The number of nitrogens with zero attached hydrogens (tertiary/aromatic N) is 3. The summed E-state index contributed by atoms with van der Waals surface area (Å²) in [4.78, 5) is 2.34. The number of aromatic nitrogens is 2. The quantitative estimate of drug-likeness (QED) is 0.721. The van der Waals surface area contributed by atoms with Crippen LogP contribution in [0.4, 0.5) is 5.69 Å². The third-order valence-corrected chi connectivity index (χ3v) is 4.44. The van der Waals surface area contributed by atoms with Gasteiger partial charge in [0.1, 0.15) is 0 Å². The van der Waals surface area contributed by atoms with Gasteiger partial charge in [-0.1, -0.05) is 23.7 Å². The van der Waals surface area contributed by atoms with Crippen LogP contribution < -0.4 is 4.90 Å². The predicted molar refractivity (Wildman–Crippen MR) is 97.0 cm³/mol. The molecule has 1 fully saturated rings. The minimum Gasteiger partial charge on any atom is -0.378 e. The van der Waals surface area contributed by atoms with Gasteiger partial charge in [0.15, 0.2) is 0 Å². The molecule has 0 bridgehead atoms. The molecule has 0 unspecified atom stereocenters. The van der Waals surface area contributed by atoms with Crippen LogP contribution in [0.3, 0.4) is 0 Å². The molecule has 1 aliphatic rings. The van der Waals surface area contributed by atoms with E-state index in [2.05, 4.69) is 34.3 Å². The minimum absolute atomic E-state index is 0.719. The van der Waals surface area contributed by atoms with Gasteiger partial charge in [-0.25, -0.2) is 4.68 Å². The molecule has 24 heavy (non-hydrogen) atoms. The van der Waals surface area contributed by atoms with E-state index in [0.29, 0.717) is 0 Å². The fraction of sp³-hybridized carbons (Fsp3) is 0.211. The molecule has 2 heterocycles. The van der Waals surface area contributed by atoms with Crippen molar-refractivity contribution in [1.82, 2.24) is 9.78 Å². The van der Waals surface area contributed by atoms with Crippen LogP contribution in [0, 0.1) is 0 Å². The Balaban J connectivity index is 1.56. The van der Waals surface area contributed by atoms with Crippen LogP contribution in [-0.2, 0) is 4.74 Å². The molecule has 1 saturated heterocycles. The summed E-state index contributed by atoms with van der Waals surface area (Å²) in [6, 6.07) is 18.2. The molecule has 5 heteroatoms. The molecule has 3 aromatic rings. The molecule has 122 valence electrons. The number of halogens is 1. The van der Waals surface area contributed by atoms with Crippen molar-refractivity contribution < 1.29 is 4.74 Å². The molecule has 0 atom stereocenters. The van der Waals surface area contributed by atoms with Gasteiger partial charge in [0.25, 0.3) is 0 Å². The minimum atomic E-state index is 0.719.